The second-order valence-electron chi connectivity index (χ2n) is 6.87. The Morgan fingerprint density at radius 1 is 1.11 bits per heavy atom. The van der Waals surface area contributed by atoms with Gasteiger partial charge in [0.2, 0.25) is 5.91 Å². The van der Waals surface area contributed by atoms with Crippen molar-refractivity contribution < 1.29 is 9.53 Å². The maximum atomic E-state index is 12.0. The normalized spacial score (nSPS) is 14.4. The monoisotopic (exact) mass is 362 g/mol. The van der Waals surface area contributed by atoms with Crippen LogP contribution in [0.2, 0.25) is 0 Å². The van der Waals surface area contributed by atoms with Crippen molar-refractivity contribution in [2.75, 3.05) is 19.7 Å². The summed E-state index contributed by atoms with van der Waals surface area (Å²) in [7, 11) is 0. The van der Waals surface area contributed by atoms with E-state index in [9.17, 15) is 4.79 Å². The molecule has 2 aromatic carbocycles. The van der Waals surface area contributed by atoms with Gasteiger partial charge in [-0.2, -0.15) is 0 Å². The Balaban J connectivity index is 1.53. The summed E-state index contributed by atoms with van der Waals surface area (Å²) in [5.74, 6) is 7.51. The lowest BCUT2D eigenvalue weighted by atomic mass is 10.0. The molecule has 1 atom stereocenters. The standard InChI is InChI=1S/C23H26N2O2/c1-3-27-22-12-10-19(11-13-22)5-4-18-6-8-20(9-7-18)14-17(2)25-23(26)21-15-24-16-21/h6-13,17,21,24H,3,14-16H2,1-2H3,(H,25,26). The van der Waals surface area contributed by atoms with Crippen molar-refractivity contribution in [3.63, 3.8) is 0 Å². The number of carbonyl (C=O) groups is 1. The molecule has 0 aromatic heterocycles. The van der Waals surface area contributed by atoms with Gasteiger partial charge in [0.05, 0.1) is 12.5 Å². The summed E-state index contributed by atoms with van der Waals surface area (Å²) in [5.41, 5.74) is 3.13. The molecule has 0 aliphatic carbocycles. The van der Waals surface area contributed by atoms with Crippen LogP contribution in [0.25, 0.3) is 0 Å². The van der Waals surface area contributed by atoms with Crippen molar-refractivity contribution in [3.8, 4) is 17.6 Å². The highest BCUT2D eigenvalue weighted by Gasteiger charge is 2.25. The Kier molecular flexibility index (Phi) is 6.51. The lowest BCUT2D eigenvalue weighted by Crippen LogP contribution is -2.52. The van der Waals surface area contributed by atoms with Gasteiger partial charge in [-0.25, -0.2) is 0 Å². The number of nitrogens with one attached hydrogen (secondary N) is 2. The van der Waals surface area contributed by atoms with Gasteiger partial charge in [0.15, 0.2) is 0 Å². The third-order valence-electron chi connectivity index (χ3n) is 4.55. The van der Waals surface area contributed by atoms with E-state index >= 15 is 0 Å². The molecule has 140 valence electrons. The highest BCUT2D eigenvalue weighted by atomic mass is 16.5. The summed E-state index contributed by atoms with van der Waals surface area (Å²) in [6.45, 7) is 6.26. The molecular formula is C23H26N2O2. The third-order valence-corrected chi connectivity index (χ3v) is 4.55. The van der Waals surface area contributed by atoms with E-state index in [1.54, 1.807) is 0 Å². The van der Waals surface area contributed by atoms with Crippen molar-refractivity contribution in [2.45, 2.75) is 26.3 Å². The predicted octanol–water partition coefficient (Wildman–Crippen LogP) is 2.75. The van der Waals surface area contributed by atoms with E-state index in [2.05, 4.69) is 34.6 Å². The van der Waals surface area contributed by atoms with Gasteiger partial charge in [-0.05, 0) is 62.2 Å². The summed E-state index contributed by atoms with van der Waals surface area (Å²) < 4.78 is 5.44. The molecular weight excluding hydrogens is 336 g/mol. The van der Waals surface area contributed by atoms with Crippen molar-refractivity contribution in [3.05, 3.63) is 65.2 Å². The van der Waals surface area contributed by atoms with Crippen molar-refractivity contribution in [1.82, 2.24) is 10.6 Å². The molecule has 0 spiro atoms. The predicted molar refractivity (Wildman–Crippen MR) is 108 cm³/mol. The SMILES string of the molecule is CCOc1ccc(C#Cc2ccc(CC(C)NC(=O)C3CNC3)cc2)cc1. The van der Waals surface area contributed by atoms with E-state index in [1.807, 2.05) is 50.2 Å². The first-order chi connectivity index (χ1) is 13.1. The van der Waals surface area contributed by atoms with Crippen molar-refractivity contribution in [2.24, 2.45) is 5.92 Å². The summed E-state index contributed by atoms with van der Waals surface area (Å²) >= 11 is 0. The molecule has 4 nitrogen and oxygen atoms in total. The average molecular weight is 362 g/mol. The van der Waals surface area contributed by atoms with E-state index < -0.39 is 0 Å². The Labute approximate surface area is 161 Å². The maximum absolute atomic E-state index is 12.0. The minimum atomic E-state index is 0.124. The molecule has 0 bridgehead atoms. The molecule has 1 aliphatic rings. The molecule has 1 amide bonds. The van der Waals surface area contributed by atoms with Gasteiger partial charge in [0, 0.05) is 30.3 Å². The molecule has 0 saturated carbocycles. The fraction of sp³-hybridized carbons (Fsp3) is 0.348. The van der Waals surface area contributed by atoms with Gasteiger partial charge >= 0.3 is 0 Å². The number of hydrogen-bond acceptors (Lipinski definition) is 3. The van der Waals surface area contributed by atoms with Gasteiger partial charge < -0.3 is 15.4 Å². The van der Waals surface area contributed by atoms with Gasteiger partial charge in [-0.1, -0.05) is 24.0 Å². The topological polar surface area (TPSA) is 50.4 Å². The Bertz CT molecular complexity index is 812. The zero-order chi connectivity index (χ0) is 19.1. The van der Waals surface area contributed by atoms with E-state index in [0.717, 1.165) is 36.4 Å². The number of rotatable bonds is 6. The molecule has 1 fully saturated rings. The van der Waals surface area contributed by atoms with Crippen LogP contribution >= 0.6 is 0 Å². The highest BCUT2D eigenvalue weighted by Crippen LogP contribution is 2.12. The third kappa shape index (κ3) is 5.60. The minimum absolute atomic E-state index is 0.124. The van der Waals surface area contributed by atoms with Crippen LogP contribution in [0.1, 0.15) is 30.5 Å². The number of hydrogen-bond donors (Lipinski definition) is 2. The van der Waals surface area contributed by atoms with Crippen LogP contribution < -0.4 is 15.4 Å². The lowest BCUT2D eigenvalue weighted by molar-refractivity contribution is -0.127. The van der Waals surface area contributed by atoms with Crippen LogP contribution in [-0.2, 0) is 11.2 Å². The summed E-state index contributed by atoms with van der Waals surface area (Å²) in [4.78, 5) is 12.0. The fourth-order valence-electron chi connectivity index (χ4n) is 2.91. The van der Waals surface area contributed by atoms with Gasteiger partial charge in [-0.3, -0.25) is 4.79 Å². The van der Waals surface area contributed by atoms with E-state index in [-0.39, 0.29) is 17.9 Å². The van der Waals surface area contributed by atoms with Gasteiger partial charge in [0.1, 0.15) is 5.75 Å². The average Bonchev–Trinajstić information content (AvgIpc) is 2.61. The van der Waals surface area contributed by atoms with Gasteiger partial charge in [-0.15, -0.1) is 0 Å². The number of amides is 1. The molecule has 2 N–H and O–H groups in total. The first-order valence-corrected chi connectivity index (χ1v) is 9.49. The first kappa shape index (κ1) is 19.0. The van der Waals surface area contributed by atoms with Crippen LogP contribution in [0.3, 0.4) is 0 Å². The number of benzene rings is 2. The van der Waals surface area contributed by atoms with Crippen LogP contribution in [0.5, 0.6) is 5.75 Å². The molecule has 2 aromatic rings. The van der Waals surface area contributed by atoms with Crippen LogP contribution in [-0.4, -0.2) is 31.6 Å². The van der Waals surface area contributed by atoms with E-state index in [4.69, 9.17) is 4.74 Å². The summed E-state index contributed by atoms with van der Waals surface area (Å²) in [5, 5.41) is 6.21. The van der Waals surface area contributed by atoms with Crippen LogP contribution in [0, 0.1) is 17.8 Å². The minimum Gasteiger partial charge on any atom is -0.494 e. The lowest BCUT2D eigenvalue weighted by Gasteiger charge is -2.27. The highest BCUT2D eigenvalue weighted by molar-refractivity contribution is 5.80. The smallest absolute Gasteiger partial charge is 0.225 e. The summed E-state index contributed by atoms with van der Waals surface area (Å²) in [6.07, 6.45) is 0.818. The second kappa shape index (κ2) is 9.25. The van der Waals surface area contributed by atoms with Gasteiger partial charge in [0.25, 0.3) is 0 Å². The molecule has 0 radical (unpaired) electrons. The summed E-state index contributed by atoms with van der Waals surface area (Å²) in [6, 6.07) is 16.1. The Hall–Kier alpha value is -2.77. The van der Waals surface area contributed by atoms with Crippen LogP contribution in [0.15, 0.2) is 48.5 Å². The zero-order valence-corrected chi connectivity index (χ0v) is 15.9. The van der Waals surface area contributed by atoms with Crippen molar-refractivity contribution >= 4 is 5.91 Å². The van der Waals surface area contributed by atoms with E-state index in [1.165, 1.54) is 5.56 Å². The van der Waals surface area contributed by atoms with Crippen LogP contribution in [0.4, 0.5) is 0 Å². The Morgan fingerprint density at radius 2 is 1.70 bits per heavy atom. The second-order valence-corrected chi connectivity index (χ2v) is 6.87. The number of carbonyl (C=O) groups excluding carboxylic acids is 1. The molecule has 1 heterocycles. The first-order valence-electron chi connectivity index (χ1n) is 9.49. The maximum Gasteiger partial charge on any atom is 0.225 e. The Morgan fingerprint density at radius 3 is 2.22 bits per heavy atom. The molecule has 1 saturated heterocycles. The molecule has 1 aliphatic heterocycles. The molecule has 27 heavy (non-hydrogen) atoms. The molecule has 3 rings (SSSR count). The molecule has 4 heteroatoms. The fourth-order valence-corrected chi connectivity index (χ4v) is 2.91. The van der Waals surface area contributed by atoms with E-state index in [0.29, 0.717) is 6.61 Å². The number of ether oxygens (including phenoxy) is 1. The zero-order valence-electron chi connectivity index (χ0n) is 15.9. The molecule has 1 unspecified atom stereocenters. The van der Waals surface area contributed by atoms with Crippen molar-refractivity contribution in [1.29, 1.82) is 0 Å². The quantitative estimate of drug-likeness (QED) is 0.777. The largest absolute Gasteiger partial charge is 0.494 e.